The molecule has 5 aliphatic carbocycles. The Kier molecular flexibility index (Phi) is 2.46. The smallest absolute Gasteiger partial charge is 0.306 e. The lowest BCUT2D eigenvalue weighted by Crippen LogP contribution is -2.60. The number of rotatable bonds is 0. The van der Waals surface area contributed by atoms with E-state index in [1.165, 1.54) is 18.4 Å². The number of epoxide rings is 1. The van der Waals surface area contributed by atoms with Crippen molar-refractivity contribution in [1.82, 2.24) is 0 Å². The lowest BCUT2D eigenvalue weighted by atomic mass is 9.46. The molecule has 0 aromatic rings. The van der Waals surface area contributed by atoms with Crippen LogP contribution in [0.25, 0.3) is 0 Å². The predicted molar refractivity (Wildman–Crippen MR) is 96.6 cm³/mol. The molecule has 0 bridgehead atoms. The zero-order valence-electron chi connectivity index (χ0n) is 16.3. The summed E-state index contributed by atoms with van der Waals surface area (Å²) in [5.41, 5.74) is 1.24. The minimum absolute atomic E-state index is 0.00124. The first-order chi connectivity index (χ1) is 12.8. The van der Waals surface area contributed by atoms with E-state index in [1.54, 1.807) is 0 Å². The number of esters is 1. The topological polar surface area (TPSA) is 55.9 Å². The largest absolute Gasteiger partial charge is 0.458 e. The van der Waals surface area contributed by atoms with Crippen molar-refractivity contribution in [1.29, 1.82) is 0 Å². The Hall–Kier alpha value is -1.16. The van der Waals surface area contributed by atoms with Crippen molar-refractivity contribution in [3.63, 3.8) is 0 Å². The molecular weight excluding hydrogens is 340 g/mol. The Labute approximate surface area is 160 Å². The maximum Gasteiger partial charge on any atom is 0.306 e. The molecule has 9 atom stereocenters. The van der Waals surface area contributed by atoms with Crippen molar-refractivity contribution in [2.75, 3.05) is 0 Å². The minimum atomic E-state index is -0.239. The summed E-state index contributed by atoms with van der Waals surface area (Å²) in [5, 5.41) is 0. The van der Waals surface area contributed by atoms with Crippen LogP contribution < -0.4 is 0 Å². The SMILES string of the molecule is CC12C[C@@H]3OC34[C@@H]([C@H]3C[C@H]3C3=CC(=O)CC[C@@]34C)[C@@H]1CC[C@@]21CCC(=O)O1. The van der Waals surface area contributed by atoms with Crippen molar-refractivity contribution >= 4 is 11.8 Å². The van der Waals surface area contributed by atoms with E-state index in [0.717, 1.165) is 25.7 Å². The molecule has 6 fully saturated rings. The van der Waals surface area contributed by atoms with Crippen LogP contribution in [0, 0.1) is 34.5 Å². The highest BCUT2D eigenvalue weighted by Gasteiger charge is 2.85. The number of ketones is 1. The van der Waals surface area contributed by atoms with Crippen LogP contribution >= 0.6 is 0 Å². The summed E-state index contributed by atoms with van der Waals surface area (Å²) in [7, 11) is 0. The molecule has 2 unspecified atom stereocenters. The van der Waals surface area contributed by atoms with Crippen LogP contribution in [0.2, 0.25) is 0 Å². The van der Waals surface area contributed by atoms with Gasteiger partial charge in [-0.15, -0.1) is 0 Å². The fourth-order valence-electron chi connectivity index (χ4n) is 9.12. The maximum atomic E-state index is 12.2. The molecule has 4 nitrogen and oxygen atoms in total. The third-order valence-corrected chi connectivity index (χ3v) is 10.4. The number of fused-ring (bicyclic) bond motifs is 7. The third-order valence-electron chi connectivity index (χ3n) is 10.4. The van der Waals surface area contributed by atoms with Gasteiger partial charge in [0.15, 0.2) is 5.78 Å². The molecule has 0 radical (unpaired) electrons. The van der Waals surface area contributed by atoms with Gasteiger partial charge >= 0.3 is 5.97 Å². The molecule has 0 amide bonds. The van der Waals surface area contributed by atoms with Crippen LogP contribution in [0.4, 0.5) is 0 Å². The van der Waals surface area contributed by atoms with Gasteiger partial charge in [0.05, 0.1) is 6.10 Å². The van der Waals surface area contributed by atoms with Gasteiger partial charge in [0, 0.05) is 23.7 Å². The van der Waals surface area contributed by atoms with Crippen molar-refractivity contribution in [2.24, 2.45) is 34.5 Å². The summed E-state index contributed by atoms with van der Waals surface area (Å²) in [6.07, 6.45) is 9.85. The van der Waals surface area contributed by atoms with Crippen LogP contribution in [0.15, 0.2) is 11.6 Å². The van der Waals surface area contributed by atoms with Crippen LogP contribution in [0.3, 0.4) is 0 Å². The highest BCUT2D eigenvalue weighted by molar-refractivity contribution is 5.92. The van der Waals surface area contributed by atoms with Crippen molar-refractivity contribution in [3.05, 3.63) is 11.6 Å². The second-order valence-electron chi connectivity index (χ2n) is 11.1. The number of ether oxygens (including phenoxy) is 2. The van der Waals surface area contributed by atoms with E-state index in [2.05, 4.69) is 13.8 Å². The fourth-order valence-corrected chi connectivity index (χ4v) is 9.12. The zero-order valence-corrected chi connectivity index (χ0v) is 16.3. The van der Waals surface area contributed by atoms with E-state index in [4.69, 9.17) is 9.47 Å². The van der Waals surface area contributed by atoms with Gasteiger partial charge in [-0.2, -0.15) is 0 Å². The molecule has 0 N–H and O–H groups in total. The molecule has 4 heteroatoms. The molecule has 144 valence electrons. The summed E-state index contributed by atoms with van der Waals surface area (Å²) in [6, 6.07) is 0. The van der Waals surface area contributed by atoms with Gasteiger partial charge < -0.3 is 9.47 Å². The van der Waals surface area contributed by atoms with Crippen LogP contribution in [-0.4, -0.2) is 29.1 Å². The molecule has 7 rings (SSSR count). The Morgan fingerprint density at radius 3 is 2.74 bits per heavy atom. The van der Waals surface area contributed by atoms with Crippen LogP contribution in [0.5, 0.6) is 0 Å². The van der Waals surface area contributed by atoms with Gasteiger partial charge in [0.1, 0.15) is 11.2 Å². The molecule has 2 aliphatic heterocycles. The van der Waals surface area contributed by atoms with Gasteiger partial charge in [-0.05, 0) is 68.3 Å². The summed E-state index contributed by atoms with van der Waals surface area (Å²) < 4.78 is 12.8. The molecule has 0 aromatic carbocycles. The van der Waals surface area contributed by atoms with E-state index >= 15 is 0 Å². The molecule has 2 heterocycles. The fraction of sp³-hybridized carbons (Fsp3) is 0.826. The van der Waals surface area contributed by atoms with Crippen molar-refractivity contribution < 1.29 is 19.1 Å². The molecule has 4 saturated carbocycles. The van der Waals surface area contributed by atoms with E-state index in [0.29, 0.717) is 42.3 Å². The Morgan fingerprint density at radius 2 is 1.96 bits per heavy atom. The van der Waals surface area contributed by atoms with Crippen molar-refractivity contribution in [2.45, 2.75) is 82.5 Å². The standard InChI is InChI=1S/C23H28O4/c1-20-6-3-12(24)9-16(20)13-10-14(13)19-15-4-7-22(8-5-18(25)27-22)21(15,2)11-17-23(19,20)26-17/h9,13-15,17,19H,3-8,10-11H2,1-2H3/t13-,14+,15+,17+,19+,20+,21?,22-,23?/m1/s1. The molecule has 0 aromatic heterocycles. The average Bonchev–Trinajstić information content (AvgIpc) is 3.49. The van der Waals surface area contributed by atoms with E-state index in [-0.39, 0.29) is 34.1 Å². The second-order valence-corrected chi connectivity index (χ2v) is 11.1. The van der Waals surface area contributed by atoms with Gasteiger partial charge in [-0.3, -0.25) is 9.59 Å². The monoisotopic (exact) mass is 368 g/mol. The predicted octanol–water partition coefficient (Wildman–Crippen LogP) is 3.58. The van der Waals surface area contributed by atoms with Crippen molar-refractivity contribution in [3.8, 4) is 0 Å². The first kappa shape index (κ1) is 15.7. The van der Waals surface area contributed by atoms with Gasteiger partial charge in [-0.1, -0.05) is 19.4 Å². The number of carbonyl (C=O) groups is 2. The first-order valence-electron chi connectivity index (χ1n) is 11.0. The Bertz CT molecular complexity index is 845. The van der Waals surface area contributed by atoms with Gasteiger partial charge in [-0.25, -0.2) is 0 Å². The van der Waals surface area contributed by atoms with Gasteiger partial charge in [0.2, 0.25) is 0 Å². The third kappa shape index (κ3) is 1.47. The molecule has 27 heavy (non-hydrogen) atoms. The number of hydrogen-bond acceptors (Lipinski definition) is 4. The van der Waals surface area contributed by atoms with E-state index < -0.39 is 0 Å². The summed E-state index contributed by atoms with van der Waals surface area (Å²) in [4.78, 5) is 24.2. The summed E-state index contributed by atoms with van der Waals surface area (Å²) in [6.45, 7) is 4.81. The number of hydrogen-bond donors (Lipinski definition) is 0. The zero-order chi connectivity index (χ0) is 18.4. The lowest BCUT2D eigenvalue weighted by Gasteiger charge is -2.56. The quantitative estimate of drug-likeness (QED) is 0.484. The van der Waals surface area contributed by atoms with Crippen LogP contribution in [-0.2, 0) is 19.1 Å². The van der Waals surface area contributed by atoms with Gasteiger partial charge in [0.25, 0.3) is 0 Å². The Balaban J connectivity index is 1.36. The first-order valence-corrected chi connectivity index (χ1v) is 11.0. The average molecular weight is 368 g/mol. The highest BCUT2D eigenvalue weighted by Crippen LogP contribution is 2.82. The molecule has 7 aliphatic rings. The molecular formula is C23H28O4. The molecule has 2 saturated heterocycles. The number of carbonyl (C=O) groups excluding carboxylic acids is 2. The van der Waals surface area contributed by atoms with Crippen LogP contribution in [0.1, 0.15) is 65.2 Å². The normalized spacial score (nSPS) is 62.0. The van der Waals surface area contributed by atoms with E-state index in [1.807, 2.05) is 6.08 Å². The van der Waals surface area contributed by atoms with E-state index in [9.17, 15) is 9.59 Å². The second kappa shape index (κ2) is 4.22. The Morgan fingerprint density at radius 1 is 1.11 bits per heavy atom. The minimum Gasteiger partial charge on any atom is -0.458 e. The molecule has 2 spiro atoms. The highest BCUT2D eigenvalue weighted by atomic mass is 16.6. The summed E-state index contributed by atoms with van der Waals surface area (Å²) in [5.74, 6) is 2.77. The maximum absolute atomic E-state index is 12.2. The lowest BCUT2D eigenvalue weighted by molar-refractivity contribution is -0.164. The summed E-state index contributed by atoms with van der Waals surface area (Å²) >= 11 is 0.